The summed E-state index contributed by atoms with van der Waals surface area (Å²) < 4.78 is 24.8. The maximum absolute atomic E-state index is 12.9. The summed E-state index contributed by atoms with van der Waals surface area (Å²) in [5.74, 6) is 0.813. The topological polar surface area (TPSA) is 82.8 Å². The smallest absolute Gasteiger partial charge is 0.293 e. The summed E-state index contributed by atoms with van der Waals surface area (Å²) in [6.07, 6.45) is 3.22. The number of benzene rings is 1. The number of halogens is 1. The lowest BCUT2D eigenvalue weighted by molar-refractivity contribution is 0.416. The van der Waals surface area contributed by atoms with E-state index in [2.05, 4.69) is 20.5 Å². The van der Waals surface area contributed by atoms with Gasteiger partial charge in [-0.25, -0.2) is 9.07 Å². The van der Waals surface area contributed by atoms with Gasteiger partial charge in [-0.1, -0.05) is 22.5 Å². The molecule has 23 heavy (non-hydrogen) atoms. The standard InChI is InChI=1S/C15H10FN5O2/c16-11-5-3-10(4-6-11)8-21-9-12(18-20-21)14-17-15(23-19-14)13-2-1-7-22-13/h1-7,9H,8H2. The Morgan fingerprint density at radius 1 is 1.13 bits per heavy atom. The van der Waals surface area contributed by atoms with E-state index in [0.29, 0.717) is 23.8 Å². The van der Waals surface area contributed by atoms with Gasteiger partial charge < -0.3 is 8.94 Å². The zero-order valence-electron chi connectivity index (χ0n) is 11.8. The first-order chi connectivity index (χ1) is 11.3. The molecule has 0 saturated heterocycles. The van der Waals surface area contributed by atoms with Gasteiger partial charge in [0.1, 0.15) is 5.82 Å². The third-order valence-corrected chi connectivity index (χ3v) is 3.18. The molecular weight excluding hydrogens is 301 g/mol. The Bertz CT molecular complexity index is 912. The van der Waals surface area contributed by atoms with Gasteiger partial charge in [-0.15, -0.1) is 5.10 Å². The van der Waals surface area contributed by atoms with Gasteiger partial charge in [-0.3, -0.25) is 0 Å². The zero-order valence-corrected chi connectivity index (χ0v) is 11.8. The molecule has 8 heteroatoms. The molecule has 3 aromatic heterocycles. The monoisotopic (exact) mass is 311 g/mol. The Hall–Kier alpha value is -3.29. The Kier molecular flexibility index (Phi) is 3.19. The van der Waals surface area contributed by atoms with Crippen LogP contribution in [0.25, 0.3) is 23.2 Å². The fourth-order valence-corrected chi connectivity index (χ4v) is 2.08. The fourth-order valence-electron chi connectivity index (χ4n) is 2.08. The van der Waals surface area contributed by atoms with Crippen molar-refractivity contribution in [2.75, 3.05) is 0 Å². The van der Waals surface area contributed by atoms with Crippen LogP contribution in [0.5, 0.6) is 0 Å². The van der Waals surface area contributed by atoms with E-state index in [1.807, 2.05) is 0 Å². The Balaban J connectivity index is 1.55. The summed E-state index contributed by atoms with van der Waals surface area (Å²) in [5.41, 5.74) is 1.39. The van der Waals surface area contributed by atoms with Crippen LogP contribution < -0.4 is 0 Å². The minimum atomic E-state index is -0.273. The van der Waals surface area contributed by atoms with Crippen LogP contribution in [-0.4, -0.2) is 25.1 Å². The lowest BCUT2D eigenvalue weighted by Gasteiger charge is -1.99. The fraction of sp³-hybridized carbons (Fsp3) is 0.0667. The molecule has 0 radical (unpaired) electrons. The molecule has 0 aliphatic heterocycles. The summed E-state index contributed by atoms with van der Waals surface area (Å²) in [4.78, 5) is 4.22. The van der Waals surface area contributed by atoms with E-state index in [-0.39, 0.29) is 11.7 Å². The lowest BCUT2D eigenvalue weighted by atomic mass is 10.2. The second-order valence-corrected chi connectivity index (χ2v) is 4.83. The molecule has 0 fully saturated rings. The molecule has 7 nitrogen and oxygen atoms in total. The number of nitrogens with zero attached hydrogens (tertiary/aromatic N) is 5. The molecule has 0 N–H and O–H groups in total. The molecule has 0 aliphatic carbocycles. The molecule has 0 amide bonds. The van der Waals surface area contributed by atoms with E-state index in [4.69, 9.17) is 8.94 Å². The van der Waals surface area contributed by atoms with Crippen molar-refractivity contribution in [1.29, 1.82) is 0 Å². The quantitative estimate of drug-likeness (QED) is 0.576. The number of hydrogen-bond donors (Lipinski definition) is 0. The second-order valence-electron chi connectivity index (χ2n) is 4.83. The summed E-state index contributed by atoms with van der Waals surface area (Å²) in [5, 5.41) is 11.9. The zero-order chi connectivity index (χ0) is 15.6. The molecule has 0 aliphatic rings. The van der Waals surface area contributed by atoms with Crippen LogP contribution in [0.15, 0.2) is 57.8 Å². The van der Waals surface area contributed by atoms with E-state index < -0.39 is 0 Å². The molecule has 0 bridgehead atoms. The van der Waals surface area contributed by atoms with Gasteiger partial charge in [0, 0.05) is 0 Å². The van der Waals surface area contributed by atoms with Crippen molar-refractivity contribution >= 4 is 0 Å². The van der Waals surface area contributed by atoms with Gasteiger partial charge in [0.15, 0.2) is 11.5 Å². The maximum Gasteiger partial charge on any atom is 0.293 e. The molecule has 0 spiro atoms. The van der Waals surface area contributed by atoms with Crippen LogP contribution in [-0.2, 0) is 6.54 Å². The molecule has 3 heterocycles. The predicted molar refractivity (Wildman–Crippen MR) is 76.5 cm³/mol. The van der Waals surface area contributed by atoms with E-state index in [1.54, 1.807) is 35.1 Å². The highest BCUT2D eigenvalue weighted by atomic mass is 19.1. The first-order valence-corrected chi connectivity index (χ1v) is 6.80. The highest BCUT2D eigenvalue weighted by Crippen LogP contribution is 2.21. The minimum Gasteiger partial charge on any atom is -0.459 e. The van der Waals surface area contributed by atoms with E-state index in [1.165, 1.54) is 18.4 Å². The van der Waals surface area contributed by atoms with Crippen LogP contribution >= 0.6 is 0 Å². The predicted octanol–water partition coefficient (Wildman–Crippen LogP) is 2.78. The highest BCUT2D eigenvalue weighted by Gasteiger charge is 2.15. The average molecular weight is 311 g/mol. The van der Waals surface area contributed by atoms with Gasteiger partial charge in [0.05, 0.1) is 19.0 Å². The van der Waals surface area contributed by atoms with Gasteiger partial charge in [0.25, 0.3) is 5.89 Å². The molecule has 1 aromatic carbocycles. The summed E-state index contributed by atoms with van der Waals surface area (Å²) in [6.45, 7) is 0.468. The van der Waals surface area contributed by atoms with Crippen molar-refractivity contribution in [2.45, 2.75) is 6.54 Å². The van der Waals surface area contributed by atoms with E-state index >= 15 is 0 Å². The van der Waals surface area contributed by atoms with Gasteiger partial charge in [0.2, 0.25) is 5.82 Å². The van der Waals surface area contributed by atoms with Crippen molar-refractivity contribution in [2.24, 2.45) is 0 Å². The maximum atomic E-state index is 12.9. The van der Waals surface area contributed by atoms with Crippen LogP contribution in [0.3, 0.4) is 0 Å². The first-order valence-electron chi connectivity index (χ1n) is 6.80. The average Bonchev–Trinajstić information content (AvgIpc) is 3.30. The largest absolute Gasteiger partial charge is 0.459 e. The van der Waals surface area contributed by atoms with Crippen molar-refractivity contribution < 1.29 is 13.3 Å². The summed E-state index contributed by atoms with van der Waals surface area (Å²) >= 11 is 0. The Morgan fingerprint density at radius 3 is 2.78 bits per heavy atom. The molecule has 0 unspecified atom stereocenters. The van der Waals surface area contributed by atoms with E-state index in [0.717, 1.165) is 5.56 Å². The molecular formula is C15H10FN5O2. The van der Waals surface area contributed by atoms with Crippen LogP contribution in [0.2, 0.25) is 0 Å². The third-order valence-electron chi connectivity index (χ3n) is 3.18. The van der Waals surface area contributed by atoms with Crippen molar-refractivity contribution in [3.63, 3.8) is 0 Å². The lowest BCUT2D eigenvalue weighted by Crippen LogP contribution is -2.00. The summed E-state index contributed by atoms with van der Waals surface area (Å²) in [7, 11) is 0. The number of hydrogen-bond acceptors (Lipinski definition) is 6. The van der Waals surface area contributed by atoms with Gasteiger partial charge in [-0.05, 0) is 29.8 Å². The molecule has 0 saturated carbocycles. The second kappa shape index (κ2) is 5.48. The van der Waals surface area contributed by atoms with Gasteiger partial charge in [-0.2, -0.15) is 4.98 Å². The van der Waals surface area contributed by atoms with Crippen LogP contribution in [0.1, 0.15) is 5.56 Å². The Morgan fingerprint density at radius 2 is 2.00 bits per heavy atom. The normalized spacial score (nSPS) is 11.0. The van der Waals surface area contributed by atoms with Crippen LogP contribution in [0.4, 0.5) is 4.39 Å². The van der Waals surface area contributed by atoms with Crippen molar-refractivity contribution in [1.82, 2.24) is 25.1 Å². The van der Waals surface area contributed by atoms with Crippen molar-refractivity contribution in [3.05, 3.63) is 60.2 Å². The first kappa shape index (κ1) is 13.4. The van der Waals surface area contributed by atoms with Gasteiger partial charge >= 0.3 is 0 Å². The highest BCUT2D eigenvalue weighted by molar-refractivity contribution is 5.51. The Labute approximate surface area is 129 Å². The van der Waals surface area contributed by atoms with Crippen LogP contribution in [0, 0.1) is 5.82 Å². The van der Waals surface area contributed by atoms with Crippen molar-refractivity contribution in [3.8, 4) is 23.2 Å². The number of furan rings is 1. The SMILES string of the molecule is Fc1ccc(Cn2cc(-c3noc(-c4ccco4)n3)nn2)cc1. The number of rotatable bonds is 4. The minimum absolute atomic E-state index is 0.273. The third kappa shape index (κ3) is 2.73. The molecule has 114 valence electrons. The summed E-state index contributed by atoms with van der Waals surface area (Å²) in [6, 6.07) is 9.66. The molecule has 4 aromatic rings. The number of aromatic nitrogens is 5. The molecule has 0 atom stereocenters. The molecule has 4 rings (SSSR count). The van der Waals surface area contributed by atoms with E-state index in [9.17, 15) is 4.39 Å².